The molecule has 0 atom stereocenters. The van der Waals surface area contributed by atoms with E-state index in [-0.39, 0.29) is 0 Å². The predicted octanol–water partition coefficient (Wildman–Crippen LogP) is 4.52. The third-order valence-corrected chi connectivity index (χ3v) is 6.01. The second-order valence-electron chi connectivity index (χ2n) is 7.14. The molecule has 18 heavy (non-hydrogen) atoms. The molecule has 3 rings (SSSR count). The van der Waals surface area contributed by atoms with Gasteiger partial charge in [-0.15, -0.1) is 0 Å². The normalized spacial score (nSPS) is 27.8. The fourth-order valence-electron chi connectivity index (χ4n) is 4.24. The Morgan fingerprint density at radius 1 is 0.667 bits per heavy atom. The van der Waals surface area contributed by atoms with E-state index in [1.54, 1.807) is 0 Å². The summed E-state index contributed by atoms with van der Waals surface area (Å²) < 4.78 is 0. The third kappa shape index (κ3) is 3.10. The number of rotatable bonds is 5. The standard InChI is InChI=1S/C17H31N/c1-2-4-12-16(11-3-1)18-13-17(14-7-5-8-14)15-9-6-10-15/h14-18H,1-13H2. The lowest BCUT2D eigenvalue weighted by Crippen LogP contribution is -2.42. The van der Waals surface area contributed by atoms with Crippen LogP contribution >= 0.6 is 0 Å². The van der Waals surface area contributed by atoms with Gasteiger partial charge >= 0.3 is 0 Å². The lowest BCUT2D eigenvalue weighted by atomic mass is 9.64. The highest BCUT2D eigenvalue weighted by atomic mass is 14.9. The quantitative estimate of drug-likeness (QED) is 0.707. The van der Waals surface area contributed by atoms with Crippen molar-refractivity contribution < 1.29 is 0 Å². The Kier molecular flexibility index (Phi) is 4.62. The van der Waals surface area contributed by atoms with E-state index in [1.807, 2.05) is 0 Å². The Labute approximate surface area is 113 Å². The van der Waals surface area contributed by atoms with Crippen molar-refractivity contribution in [3.63, 3.8) is 0 Å². The second-order valence-corrected chi connectivity index (χ2v) is 7.14. The zero-order chi connectivity index (χ0) is 12.2. The minimum absolute atomic E-state index is 0.857. The summed E-state index contributed by atoms with van der Waals surface area (Å²) in [6, 6.07) is 0.857. The van der Waals surface area contributed by atoms with Crippen LogP contribution in [0.5, 0.6) is 0 Å². The van der Waals surface area contributed by atoms with E-state index >= 15 is 0 Å². The molecule has 0 saturated heterocycles. The zero-order valence-corrected chi connectivity index (χ0v) is 12.0. The van der Waals surface area contributed by atoms with E-state index in [9.17, 15) is 0 Å². The van der Waals surface area contributed by atoms with Crippen molar-refractivity contribution in [2.45, 2.75) is 83.1 Å². The zero-order valence-electron chi connectivity index (χ0n) is 12.0. The van der Waals surface area contributed by atoms with E-state index in [0.29, 0.717) is 0 Å². The number of hydrogen-bond acceptors (Lipinski definition) is 1. The smallest absolute Gasteiger partial charge is 0.00671 e. The van der Waals surface area contributed by atoms with Gasteiger partial charge in [-0.1, -0.05) is 64.2 Å². The molecule has 0 radical (unpaired) electrons. The predicted molar refractivity (Wildman–Crippen MR) is 77.7 cm³/mol. The summed E-state index contributed by atoms with van der Waals surface area (Å²) in [7, 11) is 0. The molecule has 3 saturated carbocycles. The maximum absolute atomic E-state index is 3.96. The van der Waals surface area contributed by atoms with E-state index in [2.05, 4.69) is 5.32 Å². The largest absolute Gasteiger partial charge is 0.314 e. The molecule has 1 N–H and O–H groups in total. The Bertz CT molecular complexity index is 220. The lowest BCUT2D eigenvalue weighted by molar-refractivity contribution is 0.0887. The minimum Gasteiger partial charge on any atom is -0.314 e. The van der Waals surface area contributed by atoms with Gasteiger partial charge in [0, 0.05) is 6.04 Å². The summed E-state index contributed by atoms with van der Waals surface area (Å²) in [6.45, 7) is 1.35. The first kappa shape index (κ1) is 13.0. The van der Waals surface area contributed by atoms with Gasteiger partial charge in [-0.2, -0.15) is 0 Å². The van der Waals surface area contributed by atoms with Gasteiger partial charge < -0.3 is 5.32 Å². The molecule has 0 unspecified atom stereocenters. The minimum atomic E-state index is 0.857. The van der Waals surface area contributed by atoms with Gasteiger partial charge in [-0.05, 0) is 37.1 Å². The molecule has 104 valence electrons. The summed E-state index contributed by atoms with van der Waals surface area (Å²) in [5.74, 6) is 3.22. The van der Waals surface area contributed by atoms with Crippen LogP contribution in [0.15, 0.2) is 0 Å². The van der Waals surface area contributed by atoms with E-state index in [1.165, 1.54) is 83.6 Å². The van der Waals surface area contributed by atoms with Crippen LogP contribution in [0.3, 0.4) is 0 Å². The Morgan fingerprint density at radius 2 is 1.22 bits per heavy atom. The fraction of sp³-hybridized carbons (Fsp3) is 1.00. The van der Waals surface area contributed by atoms with E-state index < -0.39 is 0 Å². The van der Waals surface area contributed by atoms with E-state index in [0.717, 1.165) is 23.8 Å². The van der Waals surface area contributed by atoms with Crippen LogP contribution < -0.4 is 5.32 Å². The van der Waals surface area contributed by atoms with Crippen LogP contribution in [-0.2, 0) is 0 Å². The first-order chi connectivity index (χ1) is 8.93. The second kappa shape index (κ2) is 6.41. The van der Waals surface area contributed by atoms with Crippen molar-refractivity contribution in [3.8, 4) is 0 Å². The molecular weight excluding hydrogens is 218 g/mol. The molecule has 1 heteroatoms. The van der Waals surface area contributed by atoms with Gasteiger partial charge in [0.1, 0.15) is 0 Å². The molecule has 0 bridgehead atoms. The van der Waals surface area contributed by atoms with Crippen molar-refractivity contribution in [1.29, 1.82) is 0 Å². The molecular formula is C17H31N. The summed E-state index contributed by atoms with van der Waals surface area (Å²) >= 11 is 0. The molecule has 0 spiro atoms. The molecule has 3 aliphatic rings. The monoisotopic (exact) mass is 249 g/mol. The van der Waals surface area contributed by atoms with Crippen molar-refractivity contribution >= 4 is 0 Å². The molecule has 3 fully saturated rings. The van der Waals surface area contributed by atoms with Gasteiger partial charge in [-0.3, -0.25) is 0 Å². The highest BCUT2D eigenvalue weighted by molar-refractivity contribution is 4.88. The highest BCUT2D eigenvalue weighted by Crippen LogP contribution is 2.44. The Hall–Kier alpha value is -0.0400. The topological polar surface area (TPSA) is 12.0 Å². The summed E-state index contributed by atoms with van der Waals surface area (Å²) in [4.78, 5) is 0. The van der Waals surface area contributed by atoms with Gasteiger partial charge in [-0.25, -0.2) is 0 Å². The van der Waals surface area contributed by atoms with Crippen LogP contribution in [0.25, 0.3) is 0 Å². The molecule has 3 aliphatic carbocycles. The van der Waals surface area contributed by atoms with Crippen LogP contribution in [0.2, 0.25) is 0 Å². The molecule has 0 aliphatic heterocycles. The molecule has 0 amide bonds. The van der Waals surface area contributed by atoms with E-state index in [4.69, 9.17) is 0 Å². The van der Waals surface area contributed by atoms with Crippen LogP contribution in [-0.4, -0.2) is 12.6 Å². The van der Waals surface area contributed by atoms with Crippen molar-refractivity contribution in [2.75, 3.05) is 6.54 Å². The first-order valence-corrected chi connectivity index (χ1v) is 8.67. The Balaban J connectivity index is 1.45. The average molecular weight is 249 g/mol. The molecule has 0 aromatic carbocycles. The third-order valence-electron chi connectivity index (χ3n) is 6.01. The average Bonchev–Trinajstić information content (AvgIpc) is 2.49. The van der Waals surface area contributed by atoms with Gasteiger partial charge in [0.25, 0.3) is 0 Å². The Morgan fingerprint density at radius 3 is 1.67 bits per heavy atom. The van der Waals surface area contributed by atoms with Gasteiger partial charge in [0.2, 0.25) is 0 Å². The number of hydrogen-bond donors (Lipinski definition) is 1. The molecule has 1 nitrogen and oxygen atoms in total. The van der Waals surface area contributed by atoms with Gasteiger partial charge in [0.05, 0.1) is 0 Å². The molecule has 0 aromatic rings. The molecule has 0 heterocycles. The van der Waals surface area contributed by atoms with Crippen molar-refractivity contribution in [1.82, 2.24) is 5.32 Å². The lowest BCUT2D eigenvalue weighted by Gasteiger charge is -2.43. The maximum atomic E-state index is 3.96. The summed E-state index contributed by atoms with van der Waals surface area (Å²) in [5.41, 5.74) is 0. The summed E-state index contributed by atoms with van der Waals surface area (Å²) in [6.07, 6.45) is 17.9. The van der Waals surface area contributed by atoms with Crippen LogP contribution in [0.4, 0.5) is 0 Å². The first-order valence-electron chi connectivity index (χ1n) is 8.67. The SMILES string of the molecule is C1CCCC(NCC(C2CCC2)C2CCC2)CC1. The van der Waals surface area contributed by atoms with Crippen LogP contribution in [0, 0.1) is 17.8 Å². The van der Waals surface area contributed by atoms with Crippen LogP contribution in [0.1, 0.15) is 77.0 Å². The summed E-state index contributed by atoms with van der Waals surface area (Å²) in [5, 5.41) is 3.96. The van der Waals surface area contributed by atoms with Crippen molar-refractivity contribution in [2.24, 2.45) is 17.8 Å². The van der Waals surface area contributed by atoms with Gasteiger partial charge in [0.15, 0.2) is 0 Å². The maximum Gasteiger partial charge on any atom is 0.00671 e. The molecule has 0 aromatic heterocycles. The number of nitrogens with one attached hydrogen (secondary N) is 1. The highest BCUT2D eigenvalue weighted by Gasteiger charge is 2.35. The fourth-order valence-corrected chi connectivity index (χ4v) is 4.24. The van der Waals surface area contributed by atoms with Crippen molar-refractivity contribution in [3.05, 3.63) is 0 Å².